The summed E-state index contributed by atoms with van der Waals surface area (Å²) >= 11 is 0. The number of hydrogen-bond acceptors (Lipinski definition) is 4. The van der Waals surface area contributed by atoms with E-state index in [-0.39, 0.29) is 11.1 Å². The molecule has 326 valence electrons. The van der Waals surface area contributed by atoms with Crippen molar-refractivity contribution in [2.75, 3.05) is 0 Å². The number of imidazole rings is 2. The van der Waals surface area contributed by atoms with Crippen molar-refractivity contribution < 1.29 is 19.8 Å². The van der Waals surface area contributed by atoms with Gasteiger partial charge in [-0.1, -0.05) is 57.2 Å². The Hall–Kier alpha value is -7.20. The van der Waals surface area contributed by atoms with Crippen LogP contribution in [0.15, 0.2) is 121 Å². The van der Waals surface area contributed by atoms with Crippen LogP contribution >= 0.6 is 0 Å². The van der Waals surface area contributed by atoms with Crippen LogP contribution < -0.4 is 0 Å². The Kier molecular flexibility index (Phi) is 9.68. The van der Waals surface area contributed by atoms with Gasteiger partial charge in [-0.2, -0.15) is 0 Å². The number of hydrogen-bond donors (Lipinski definition) is 2. The molecule has 65 heavy (non-hydrogen) atoms. The summed E-state index contributed by atoms with van der Waals surface area (Å²) in [5.41, 5.74) is 11.5. The monoisotopic (exact) mass is 860 g/mol. The van der Waals surface area contributed by atoms with Gasteiger partial charge in [-0.05, 0) is 135 Å². The number of nitrogens with zero attached hydrogens (tertiary/aromatic N) is 6. The molecule has 10 aromatic rings. The molecule has 1 atom stereocenters. The fraction of sp³-hybridized carbons (Fsp3) is 0.273. The third-order valence-corrected chi connectivity index (χ3v) is 14.1. The van der Waals surface area contributed by atoms with E-state index in [1.807, 2.05) is 12.1 Å². The summed E-state index contributed by atoms with van der Waals surface area (Å²) in [6.45, 7) is 12.7. The number of benzene rings is 6. The number of carbonyl (C=O) groups is 2. The first-order valence-corrected chi connectivity index (χ1v) is 23.0. The first-order valence-electron chi connectivity index (χ1n) is 23.0. The summed E-state index contributed by atoms with van der Waals surface area (Å²) in [5, 5.41) is 23.9. The molecule has 0 radical (unpaired) electrons. The van der Waals surface area contributed by atoms with E-state index in [0.717, 1.165) is 77.4 Å². The van der Waals surface area contributed by atoms with Crippen molar-refractivity contribution in [1.29, 1.82) is 0 Å². The first kappa shape index (κ1) is 40.6. The highest BCUT2D eigenvalue weighted by Crippen LogP contribution is 2.53. The maximum atomic E-state index is 11.5. The molecule has 0 aliphatic heterocycles. The molecule has 2 saturated carbocycles. The number of rotatable bonds is 11. The molecular weight excluding hydrogens is 809 g/mol. The predicted octanol–water partition coefficient (Wildman–Crippen LogP) is 12.9. The minimum Gasteiger partial charge on any atom is -0.478 e. The average molecular weight is 861 g/mol. The quantitative estimate of drug-likeness (QED) is 0.134. The van der Waals surface area contributed by atoms with Crippen LogP contribution in [0.2, 0.25) is 0 Å². The Morgan fingerprint density at radius 3 is 1.51 bits per heavy atom. The lowest BCUT2D eigenvalue weighted by atomic mass is 10.1. The van der Waals surface area contributed by atoms with Gasteiger partial charge in [-0.3, -0.25) is 0 Å². The van der Waals surface area contributed by atoms with E-state index in [1.54, 1.807) is 24.3 Å². The van der Waals surface area contributed by atoms with Gasteiger partial charge in [-0.15, -0.1) is 0 Å². The fourth-order valence-electron chi connectivity index (χ4n) is 10.2. The standard InChI is InChI=1S/C28H27N3O2.C27H25N3O2/c1-4-30-23-8-6-5-7-20(23)21-13-17(9-11-24(21)30)26-29-22-14-18(27(32)33)10-12-25(22)31(26)16-19-15-28(19,2)3;1-2-13-29-23-6-4-3-5-20(23)21-14-18(9-11-24(21)29)26-28-22-15-19(27(31)32)10-12-25(22)30(26)16-17-7-8-17/h5-14,19H,4,15-16H2,1-3H3,(H,32,33);3-6,9-12,14-15,17H,2,7-8,13,16H2,1H3,(H,31,32). The summed E-state index contributed by atoms with van der Waals surface area (Å²) in [5.74, 6) is 1.26. The molecule has 2 aliphatic carbocycles. The third-order valence-electron chi connectivity index (χ3n) is 14.1. The van der Waals surface area contributed by atoms with Gasteiger partial charge in [0.25, 0.3) is 0 Å². The zero-order valence-electron chi connectivity index (χ0n) is 37.3. The summed E-state index contributed by atoms with van der Waals surface area (Å²) < 4.78 is 9.33. The number of carboxylic acids is 2. The van der Waals surface area contributed by atoms with Crippen LogP contribution in [-0.2, 0) is 26.2 Å². The number of aryl methyl sites for hydroxylation is 2. The van der Waals surface area contributed by atoms with Crippen LogP contribution in [0.5, 0.6) is 0 Å². The number of aromatic nitrogens is 6. The van der Waals surface area contributed by atoms with E-state index in [2.05, 4.69) is 131 Å². The van der Waals surface area contributed by atoms with Crippen molar-refractivity contribution in [2.24, 2.45) is 17.3 Å². The van der Waals surface area contributed by atoms with Gasteiger partial charge in [0.2, 0.25) is 0 Å². The highest BCUT2D eigenvalue weighted by molar-refractivity contribution is 6.10. The minimum atomic E-state index is -0.926. The molecule has 10 heteroatoms. The first-order chi connectivity index (χ1) is 31.5. The molecule has 4 aromatic heterocycles. The zero-order valence-corrected chi connectivity index (χ0v) is 37.3. The molecule has 2 fully saturated rings. The Bertz CT molecular complexity index is 3540. The molecule has 1 unspecified atom stereocenters. The van der Waals surface area contributed by atoms with Crippen molar-refractivity contribution in [1.82, 2.24) is 28.2 Å². The summed E-state index contributed by atoms with van der Waals surface area (Å²) in [7, 11) is 0. The Balaban J connectivity index is 0.000000144. The molecule has 0 amide bonds. The molecule has 12 rings (SSSR count). The number of fused-ring (bicyclic) bond motifs is 8. The maximum Gasteiger partial charge on any atom is 0.335 e. The van der Waals surface area contributed by atoms with Crippen molar-refractivity contribution in [3.63, 3.8) is 0 Å². The van der Waals surface area contributed by atoms with Crippen molar-refractivity contribution in [3.05, 3.63) is 132 Å². The number of carboxylic acid groups (broad SMARTS) is 2. The normalized spacial score (nSPS) is 15.7. The maximum absolute atomic E-state index is 11.5. The Labute approximate surface area is 376 Å². The van der Waals surface area contributed by atoms with E-state index in [9.17, 15) is 19.8 Å². The highest BCUT2D eigenvalue weighted by atomic mass is 16.4. The second kappa shape index (κ2) is 15.5. The SMILES string of the molecule is CCCn1c2ccccc2c2cc(-c3nc4cc(C(=O)O)ccc4n3CC3CC3)ccc21.CCn1c2ccccc2c2cc(-c3nc4cc(C(=O)O)ccc4n3CC3CC3(C)C)ccc21. The number of aromatic carboxylic acids is 2. The van der Waals surface area contributed by atoms with Gasteiger partial charge in [-0.25, -0.2) is 19.6 Å². The van der Waals surface area contributed by atoms with E-state index in [0.29, 0.717) is 17.3 Å². The van der Waals surface area contributed by atoms with Crippen LogP contribution in [0.25, 0.3) is 88.5 Å². The molecule has 4 heterocycles. The summed E-state index contributed by atoms with van der Waals surface area (Å²) in [6, 6.07) is 40.9. The molecule has 2 N–H and O–H groups in total. The van der Waals surface area contributed by atoms with Crippen molar-refractivity contribution in [3.8, 4) is 22.8 Å². The van der Waals surface area contributed by atoms with Gasteiger partial charge in [0.05, 0.1) is 33.2 Å². The molecule has 10 nitrogen and oxygen atoms in total. The van der Waals surface area contributed by atoms with Gasteiger partial charge >= 0.3 is 11.9 Å². The van der Waals surface area contributed by atoms with Crippen molar-refractivity contribution >= 4 is 77.6 Å². The van der Waals surface area contributed by atoms with Gasteiger partial charge in [0, 0.05) is 80.9 Å². The lowest BCUT2D eigenvalue weighted by Crippen LogP contribution is -2.06. The topological polar surface area (TPSA) is 120 Å². The second-order valence-corrected chi connectivity index (χ2v) is 18.8. The lowest BCUT2D eigenvalue weighted by Gasteiger charge is -2.11. The molecule has 0 spiro atoms. The molecule has 0 bridgehead atoms. The van der Waals surface area contributed by atoms with Gasteiger partial charge in [0.15, 0.2) is 0 Å². The second-order valence-electron chi connectivity index (χ2n) is 18.8. The lowest BCUT2D eigenvalue weighted by molar-refractivity contribution is 0.0686. The molecule has 2 aliphatic rings. The molecule has 0 saturated heterocycles. The van der Waals surface area contributed by atoms with E-state index >= 15 is 0 Å². The number of para-hydroxylation sites is 2. The van der Waals surface area contributed by atoms with Crippen molar-refractivity contribution in [2.45, 2.75) is 79.6 Å². The van der Waals surface area contributed by atoms with Crippen LogP contribution in [0.3, 0.4) is 0 Å². The zero-order chi connectivity index (χ0) is 44.7. The van der Waals surface area contributed by atoms with Gasteiger partial charge < -0.3 is 28.5 Å². The van der Waals surface area contributed by atoms with Crippen LogP contribution in [0, 0.1) is 17.3 Å². The molecular formula is C55H52N6O4. The van der Waals surface area contributed by atoms with E-state index < -0.39 is 11.9 Å². The summed E-state index contributed by atoms with van der Waals surface area (Å²) in [6.07, 6.45) is 4.77. The Morgan fingerprint density at radius 2 is 1.03 bits per heavy atom. The summed E-state index contributed by atoms with van der Waals surface area (Å²) in [4.78, 5) is 32.9. The van der Waals surface area contributed by atoms with E-state index in [1.165, 1.54) is 62.9 Å². The predicted molar refractivity (Wildman–Crippen MR) is 261 cm³/mol. The smallest absolute Gasteiger partial charge is 0.335 e. The Morgan fingerprint density at radius 1 is 0.569 bits per heavy atom. The van der Waals surface area contributed by atoms with Crippen LogP contribution in [0.4, 0.5) is 0 Å². The largest absolute Gasteiger partial charge is 0.478 e. The highest BCUT2D eigenvalue weighted by Gasteiger charge is 2.46. The van der Waals surface area contributed by atoms with Crippen LogP contribution in [-0.4, -0.2) is 50.4 Å². The average Bonchev–Trinajstić information content (AvgIpc) is 4.05. The fourth-order valence-corrected chi connectivity index (χ4v) is 10.2. The molecule has 6 aromatic carbocycles. The minimum absolute atomic E-state index is 0.270. The third kappa shape index (κ3) is 7.03. The van der Waals surface area contributed by atoms with Gasteiger partial charge in [0.1, 0.15) is 11.6 Å². The van der Waals surface area contributed by atoms with E-state index in [4.69, 9.17) is 9.97 Å². The van der Waals surface area contributed by atoms with Crippen LogP contribution in [0.1, 0.15) is 74.1 Å².